The molecule has 118 valence electrons. The Hall–Kier alpha value is -0.650. The number of amides is 1. The van der Waals surface area contributed by atoms with Gasteiger partial charge in [-0.15, -0.1) is 0 Å². The smallest absolute Gasteiger partial charge is 0.220 e. The van der Waals surface area contributed by atoms with Crippen LogP contribution in [0.5, 0.6) is 0 Å². The fraction of sp³-hybridized carbons (Fsp3) is 0.933. The van der Waals surface area contributed by atoms with Crippen molar-refractivity contribution in [2.24, 2.45) is 5.92 Å². The van der Waals surface area contributed by atoms with E-state index in [1.54, 1.807) is 0 Å². The Labute approximate surface area is 122 Å². The van der Waals surface area contributed by atoms with Crippen LogP contribution in [0.2, 0.25) is 0 Å². The van der Waals surface area contributed by atoms with Crippen LogP contribution in [-0.4, -0.2) is 46.5 Å². The van der Waals surface area contributed by atoms with E-state index < -0.39 is 6.10 Å². The number of aliphatic hydroxyl groups is 2. The van der Waals surface area contributed by atoms with E-state index in [-0.39, 0.29) is 23.6 Å². The third-order valence-corrected chi connectivity index (χ3v) is 3.76. The van der Waals surface area contributed by atoms with Crippen LogP contribution in [0.25, 0.3) is 0 Å². The predicted octanol–water partition coefficient (Wildman–Crippen LogP) is 0.793. The summed E-state index contributed by atoms with van der Waals surface area (Å²) in [6.45, 7) is 8.87. The lowest BCUT2D eigenvalue weighted by molar-refractivity contribution is -0.122. The summed E-state index contributed by atoms with van der Waals surface area (Å²) in [6, 6.07) is 0. The van der Waals surface area contributed by atoms with Crippen LogP contribution in [0.15, 0.2) is 0 Å². The van der Waals surface area contributed by atoms with E-state index in [0.29, 0.717) is 25.3 Å². The second-order valence-electron chi connectivity index (χ2n) is 7.35. The van der Waals surface area contributed by atoms with Gasteiger partial charge in [0.25, 0.3) is 0 Å². The molecule has 20 heavy (non-hydrogen) atoms. The second-order valence-corrected chi connectivity index (χ2v) is 7.35. The predicted molar refractivity (Wildman–Crippen MR) is 79.4 cm³/mol. The molecule has 1 aliphatic rings. The molecule has 1 atom stereocenters. The highest BCUT2D eigenvalue weighted by molar-refractivity contribution is 5.76. The van der Waals surface area contributed by atoms with Gasteiger partial charge in [-0.25, -0.2) is 0 Å². The Morgan fingerprint density at radius 3 is 2.35 bits per heavy atom. The number of rotatable bonds is 6. The number of aliphatic hydroxyl groups excluding tert-OH is 2. The maximum Gasteiger partial charge on any atom is 0.220 e. The first-order chi connectivity index (χ1) is 9.13. The number of hydrogen-bond donors (Lipinski definition) is 4. The molecule has 0 bridgehead atoms. The summed E-state index contributed by atoms with van der Waals surface area (Å²) in [5, 5.41) is 24.4. The fourth-order valence-electron chi connectivity index (χ4n) is 3.48. The summed E-state index contributed by atoms with van der Waals surface area (Å²) in [5.74, 6) is 0.414. The van der Waals surface area contributed by atoms with Crippen molar-refractivity contribution in [1.82, 2.24) is 10.6 Å². The highest BCUT2D eigenvalue weighted by Crippen LogP contribution is 2.34. The van der Waals surface area contributed by atoms with Gasteiger partial charge in [0.1, 0.15) is 0 Å². The molecule has 1 aliphatic heterocycles. The molecular formula is C15H30N2O3. The second kappa shape index (κ2) is 6.87. The molecule has 4 N–H and O–H groups in total. The molecule has 1 fully saturated rings. The first-order valence-corrected chi connectivity index (χ1v) is 7.48. The van der Waals surface area contributed by atoms with Gasteiger partial charge in [-0.1, -0.05) is 0 Å². The standard InChI is InChI=1S/C15H30N2O3/c1-14(2)8-11(9-15(3,4)17-14)7-13(20)16-6-5-12(19)10-18/h11-12,17-19H,5-10H2,1-4H3,(H,16,20). The van der Waals surface area contributed by atoms with Crippen LogP contribution in [0, 0.1) is 5.92 Å². The molecule has 5 heteroatoms. The zero-order valence-corrected chi connectivity index (χ0v) is 13.2. The monoisotopic (exact) mass is 286 g/mol. The maximum atomic E-state index is 11.9. The van der Waals surface area contributed by atoms with Crippen LogP contribution in [0.4, 0.5) is 0 Å². The third kappa shape index (κ3) is 6.20. The van der Waals surface area contributed by atoms with E-state index in [4.69, 9.17) is 5.11 Å². The van der Waals surface area contributed by atoms with Crippen LogP contribution in [0.3, 0.4) is 0 Å². The average molecular weight is 286 g/mol. The molecule has 0 aliphatic carbocycles. The summed E-state index contributed by atoms with van der Waals surface area (Å²) in [6.07, 6.45) is 2.16. The van der Waals surface area contributed by atoms with Crippen LogP contribution < -0.4 is 10.6 Å². The number of carbonyl (C=O) groups excluding carboxylic acids is 1. The minimum atomic E-state index is -0.743. The topological polar surface area (TPSA) is 81.6 Å². The van der Waals surface area contributed by atoms with E-state index in [1.807, 2.05) is 0 Å². The molecule has 1 amide bonds. The van der Waals surface area contributed by atoms with Crippen molar-refractivity contribution in [3.63, 3.8) is 0 Å². The molecule has 0 aromatic carbocycles. The number of piperidine rings is 1. The van der Waals surface area contributed by atoms with Crippen molar-refractivity contribution >= 4 is 5.91 Å². The van der Waals surface area contributed by atoms with Crippen LogP contribution in [-0.2, 0) is 4.79 Å². The quantitative estimate of drug-likeness (QED) is 0.582. The minimum Gasteiger partial charge on any atom is -0.394 e. The first-order valence-electron chi connectivity index (χ1n) is 7.48. The van der Waals surface area contributed by atoms with Crippen LogP contribution in [0.1, 0.15) is 53.4 Å². The molecule has 0 radical (unpaired) electrons. The summed E-state index contributed by atoms with van der Waals surface area (Å²) in [7, 11) is 0. The average Bonchev–Trinajstić information content (AvgIpc) is 2.23. The van der Waals surface area contributed by atoms with Crippen molar-refractivity contribution in [3.8, 4) is 0 Å². The van der Waals surface area contributed by atoms with Gasteiger partial charge in [0.05, 0.1) is 12.7 Å². The van der Waals surface area contributed by atoms with E-state index in [0.717, 1.165) is 12.8 Å². The van der Waals surface area contributed by atoms with Crippen molar-refractivity contribution in [2.45, 2.75) is 70.6 Å². The molecule has 0 spiro atoms. The molecule has 1 saturated heterocycles. The van der Waals surface area contributed by atoms with Crippen molar-refractivity contribution < 1.29 is 15.0 Å². The van der Waals surface area contributed by atoms with Gasteiger partial charge >= 0.3 is 0 Å². The van der Waals surface area contributed by atoms with Gasteiger partial charge in [-0.3, -0.25) is 4.79 Å². The number of hydrogen-bond acceptors (Lipinski definition) is 4. The molecule has 1 heterocycles. The fourth-order valence-corrected chi connectivity index (χ4v) is 3.48. The van der Waals surface area contributed by atoms with Gasteiger partial charge in [-0.05, 0) is 52.9 Å². The van der Waals surface area contributed by atoms with Gasteiger partial charge in [0.15, 0.2) is 0 Å². The molecule has 0 saturated carbocycles. The third-order valence-electron chi connectivity index (χ3n) is 3.76. The largest absolute Gasteiger partial charge is 0.394 e. The summed E-state index contributed by atoms with van der Waals surface area (Å²) < 4.78 is 0. The Morgan fingerprint density at radius 1 is 1.30 bits per heavy atom. The number of nitrogens with one attached hydrogen (secondary N) is 2. The van der Waals surface area contributed by atoms with Gasteiger partial charge < -0.3 is 20.8 Å². The molecular weight excluding hydrogens is 256 g/mol. The van der Waals surface area contributed by atoms with E-state index in [1.165, 1.54) is 0 Å². The van der Waals surface area contributed by atoms with E-state index in [9.17, 15) is 9.90 Å². The lowest BCUT2D eigenvalue weighted by Crippen LogP contribution is -2.58. The van der Waals surface area contributed by atoms with E-state index >= 15 is 0 Å². The Balaban J connectivity index is 2.37. The zero-order valence-electron chi connectivity index (χ0n) is 13.2. The highest BCUT2D eigenvalue weighted by atomic mass is 16.3. The molecule has 1 unspecified atom stereocenters. The maximum absolute atomic E-state index is 11.9. The lowest BCUT2D eigenvalue weighted by atomic mass is 9.74. The first kappa shape index (κ1) is 17.4. The molecule has 0 aromatic heterocycles. The zero-order chi connectivity index (χ0) is 15.4. The summed E-state index contributed by atoms with van der Waals surface area (Å²) in [5.41, 5.74) is 0.111. The van der Waals surface area contributed by atoms with Crippen LogP contribution >= 0.6 is 0 Å². The lowest BCUT2D eigenvalue weighted by Gasteiger charge is -2.46. The van der Waals surface area contributed by atoms with Gasteiger partial charge in [0.2, 0.25) is 5.91 Å². The summed E-state index contributed by atoms with van der Waals surface area (Å²) in [4.78, 5) is 11.9. The minimum absolute atomic E-state index is 0.0358. The van der Waals surface area contributed by atoms with E-state index in [2.05, 4.69) is 38.3 Å². The Morgan fingerprint density at radius 2 is 1.85 bits per heavy atom. The normalized spacial score (nSPS) is 23.3. The highest BCUT2D eigenvalue weighted by Gasteiger charge is 2.38. The van der Waals surface area contributed by atoms with Crippen molar-refractivity contribution in [1.29, 1.82) is 0 Å². The molecule has 0 aromatic rings. The Bertz CT molecular complexity index is 313. The van der Waals surface area contributed by atoms with Gasteiger partial charge in [0, 0.05) is 24.0 Å². The van der Waals surface area contributed by atoms with Gasteiger partial charge in [-0.2, -0.15) is 0 Å². The van der Waals surface area contributed by atoms with Crippen molar-refractivity contribution in [3.05, 3.63) is 0 Å². The van der Waals surface area contributed by atoms with Crippen molar-refractivity contribution in [2.75, 3.05) is 13.2 Å². The molecule has 1 rings (SSSR count). The summed E-state index contributed by atoms with van der Waals surface area (Å²) >= 11 is 0. The SMILES string of the molecule is CC1(C)CC(CC(=O)NCCC(O)CO)CC(C)(C)N1. The molecule has 5 nitrogen and oxygen atoms in total. The Kier molecular flexibility index (Phi) is 5.98. The number of carbonyl (C=O) groups is 1.